The summed E-state index contributed by atoms with van der Waals surface area (Å²) in [5.41, 5.74) is 1.92. The predicted molar refractivity (Wildman–Crippen MR) is 107 cm³/mol. The molecule has 0 aliphatic carbocycles. The Kier molecular flexibility index (Phi) is 6.73. The standard InChI is InChI=1S/C21H25FN4O2/c1-2-24-21(28)16-6-4-8-18(12-16)25-20(27)14-26-10-9-23-13-19(26)15-5-3-7-17(22)11-15/h3-8,11-12,19,23H,2,9-10,13-14H2,1H3,(H,24,28)(H,25,27). The topological polar surface area (TPSA) is 73.5 Å². The molecule has 0 saturated carbocycles. The first-order valence-corrected chi connectivity index (χ1v) is 9.45. The van der Waals surface area contributed by atoms with Gasteiger partial charge in [-0.05, 0) is 42.8 Å². The minimum Gasteiger partial charge on any atom is -0.352 e. The van der Waals surface area contributed by atoms with Crippen molar-refractivity contribution in [1.82, 2.24) is 15.5 Å². The van der Waals surface area contributed by atoms with E-state index in [0.717, 1.165) is 12.1 Å². The van der Waals surface area contributed by atoms with Crippen LogP contribution in [0.5, 0.6) is 0 Å². The van der Waals surface area contributed by atoms with Crippen LogP contribution in [0, 0.1) is 5.82 Å². The maximum atomic E-state index is 13.6. The highest BCUT2D eigenvalue weighted by atomic mass is 19.1. The van der Waals surface area contributed by atoms with Gasteiger partial charge in [0.15, 0.2) is 0 Å². The molecule has 0 spiro atoms. The molecule has 2 aromatic carbocycles. The van der Waals surface area contributed by atoms with Gasteiger partial charge in [-0.1, -0.05) is 18.2 Å². The fourth-order valence-corrected chi connectivity index (χ4v) is 3.36. The summed E-state index contributed by atoms with van der Waals surface area (Å²) >= 11 is 0. The van der Waals surface area contributed by atoms with Gasteiger partial charge < -0.3 is 16.0 Å². The molecule has 7 heteroatoms. The Morgan fingerprint density at radius 2 is 2.04 bits per heavy atom. The summed E-state index contributed by atoms with van der Waals surface area (Å²) in [6.07, 6.45) is 0. The Balaban J connectivity index is 1.66. The molecule has 0 radical (unpaired) electrons. The van der Waals surface area contributed by atoms with Crippen molar-refractivity contribution in [2.75, 3.05) is 38.0 Å². The minimum absolute atomic E-state index is 0.0723. The van der Waals surface area contributed by atoms with E-state index in [-0.39, 0.29) is 30.2 Å². The van der Waals surface area contributed by atoms with Gasteiger partial charge in [0.05, 0.1) is 6.54 Å². The lowest BCUT2D eigenvalue weighted by Gasteiger charge is -2.36. The van der Waals surface area contributed by atoms with Gasteiger partial charge in [-0.3, -0.25) is 14.5 Å². The largest absolute Gasteiger partial charge is 0.352 e. The van der Waals surface area contributed by atoms with Crippen molar-refractivity contribution in [2.45, 2.75) is 13.0 Å². The van der Waals surface area contributed by atoms with Crippen molar-refractivity contribution in [3.05, 3.63) is 65.5 Å². The molecule has 2 amide bonds. The molecule has 1 atom stereocenters. The summed E-state index contributed by atoms with van der Waals surface area (Å²) in [4.78, 5) is 26.6. The quantitative estimate of drug-likeness (QED) is 0.714. The molecule has 1 heterocycles. The second kappa shape index (κ2) is 9.43. The van der Waals surface area contributed by atoms with Crippen LogP contribution >= 0.6 is 0 Å². The Bertz CT molecular complexity index is 843. The highest BCUT2D eigenvalue weighted by Gasteiger charge is 2.25. The zero-order valence-electron chi connectivity index (χ0n) is 15.9. The van der Waals surface area contributed by atoms with Crippen molar-refractivity contribution in [2.24, 2.45) is 0 Å². The van der Waals surface area contributed by atoms with Crippen LogP contribution in [-0.2, 0) is 4.79 Å². The van der Waals surface area contributed by atoms with Crippen LogP contribution in [0.2, 0.25) is 0 Å². The zero-order chi connectivity index (χ0) is 19.9. The van der Waals surface area contributed by atoms with Crippen LogP contribution in [0.15, 0.2) is 48.5 Å². The van der Waals surface area contributed by atoms with Crippen LogP contribution in [0.4, 0.5) is 10.1 Å². The molecule has 3 rings (SSSR count). The van der Waals surface area contributed by atoms with Gasteiger partial charge in [0.25, 0.3) is 5.91 Å². The number of hydrogen-bond acceptors (Lipinski definition) is 4. The third-order valence-corrected chi connectivity index (χ3v) is 4.68. The van der Waals surface area contributed by atoms with E-state index in [1.165, 1.54) is 12.1 Å². The highest BCUT2D eigenvalue weighted by Crippen LogP contribution is 2.23. The summed E-state index contributed by atoms with van der Waals surface area (Å²) < 4.78 is 13.6. The first-order valence-electron chi connectivity index (χ1n) is 9.45. The van der Waals surface area contributed by atoms with E-state index >= 15 is 0 Å². The molecule has 3 N–H and O–H groups in total. The highest BCUT2D eigenvalue weighted by molar-refractivity contribution is 5.97. The third-order valence-electron chi connectivity index (χ3n) is 4.68. The molecule has 0 bridgehead atoms. The predicted octanol–water partition coefficient (Wildman–Crippen LogP) is 2.16. The molecule has 2 aromatic rings. The summed E-state index contributed by atoms with van der Waals surface area (Å²) in [6, 6.07) is 13.3. The third kappa shape index (κ3) is 5.15. The minimum atomic E-state index is -0.283. The number of nitrogens with one attached hydrogen (secondary N) is 3. The molecule has 6 nitrogen and oxygen atoms in total. The number of anilines is 1. The number of piperazine rings is 1. The van der Waals surface area contributed by atoms with Crippen molar-refractivity contribution in [1.29, 1.82) is 0 Å². The molecule has 1 aliphatic rings. The molecule has 1 fully saturated rings. The van der Waals surface area contributed by atoms with E-state index in [2.05, 4.69) is 16.0 Å². The van der Waals surface area contributed by atoms with E-state index in [4.69, 9.17) is 0 Å². The first kappa shape index (κ1) is 20.0. The Hall–Kier alpha value is -2.77. The smallest absolute Gasteiger partial charge is 0.251 e. The van der Waals surface area contributed by atoms with E-state index in [9.17, 15) is 14.0 Å². The summed E-state index contributed by atoms with van der Waals surface area (Å²) in [5, 5.41) is 8.89. The van der Waals surface area contributed by atoms with Crippen molar-refractivity contribution < 1.29 is 14.0 Å². The van der Waals surface area contributed by atoms with Crippen molar-refractivity contribution in [3.63, 3.8) is 0 Å². The fraction of sp³-hybridized carbons (Fsp3) is 0.333. The Morgan fingerprint density at radius 3 is 2.82 bits per heavy atom. The number of hydrogen-bond donors (Lipinski definition) is 3. The van der Waals surface area contributed by atoms with E-state index in [1.54, 1.807) is 30.3 Å². The number of carbonyl (C=O) groups excluding carboxylic acids is 2. The molecule has 0 aromatic heterocycles. The average Bonchev–Trinajstić information content (AvgIpc) is 2.69. The monoisotopic (exact) mass is 384 g/mol. The van der Waals surface area contributed by atoms with E-state index in [1.807, 2.05) is 17.9 Å². The zero-order valence-corrected chi connectivity index (χ0v) is 15.9. The summed E-state index contributed by atoms with van der Waals surface area (Å²) in [7, 11) is 0. The SMILES string of the molecule is CCNC(=O)c1cccc(NC(=O)CN2CCNCC2c2cccc(F)c2)c1. The van der Waals surface area contributed by atoms with Crippen LogP contribution in [0.1, 0.15) is 28.9 Å². The van der Waals surface area contributed by atoms with Crippen molar-refractivity contribution >= 4 is 17.5 Å². The van der Waals surface area contributed by atoms with E-state index < -0.39 is 0 Å². The second-order valence-corrected chi connectivity index (χ2v) is 6.73. The van der Waals surface area contributed by atoms with Crippen LogP contribution in [-0.4, -0.2) is 49.4 Å². The second-order valence-electron chi connectivity index (χ2n) is 6.73. The van der Waals surface area contributed by atoms with Gasteiger partial charge in [0, 0.05) is 43.5 Å². The number of amides is 2. The number of carbonyl (C=O) groups is 2. The Labute approximate surface area is 164 Å². The van der Waals surface area contributed by atoms with Crippen LogP contribution < -0.4 is 16.0 Å². The average molecular weight is 384 g/mol. The van der Waals surface area contributed by atoms with E-state index in [0.29, 0.717) is 30.9 Å². The lowest BCUT2D eigenvalue weighted by atomic mass is 10.0. The number of rotatable bonds is 6. The van der Waals surface area contributed by atoms with Gasteiger partial charge in [-0.2, -0.15) is 0 Å². The summed E-state index contributed by atoms with van der Waals surface area (Å²) in [6.45, 7) is 4.70. The van der Waals surface area contributed by atoms with Gasteiger partial charge >= 0.3 is 0 Å². The lowest BCUT2D eigenvalue weighted by Crippen LogP contribution is -2.48. The Morgan fingerprint density at radius 1 is 1.21 bits per heavy atom. The van der Waals surface area contributed by atoms with Gasteiger partial charge in [-0.25, -0.2) is 4.39 Å². The van der Waals surface area contributed by atoms with Crippen LogP contribution in [0.3, 0.4) is 0 Å². The molecule has 1 unspecified atom stereocenters. The molecular formula is C21H25FN4O2. The first-order chi connectivity index (χ1) is 13.6. The number of halogens is 1. The van der Waals surface area contributed by atoms with Crippen molar-refractivity contribution in [3.8, 4) is 0 Å². The van der Waals surface area contributed by atoms with Gasteiger partial charge in [0.1, 0.15) is 5.82 Å². The lowest BCUT2D eigenvalue weighted by molar-refractivity contribution is -0.118. The molecule has 1 saturated heterocycles. The summed E-state index contributed by atoms with van der Waals surface area (Å²) in [5.74, 6) is -0.627. The molecule has 1 aliphatic heterocycles. The number of nitrogens with zero attached hydrogens (tertiary/aromatic N) is 1. The number of benzene rings is 2. The molecule has 28 heavy (non-hydrogen) atoms. The van der Waals surface area contributed by atoms with Crippen LogP contribution in [0.25, 0.3) is 0 Å². The normalized spacial score (nSPS) is 17.1. The van der Waals surface area contributed by atoms with Gasteiger partial charge in [0.2, 0.25) is 5.91 Å². The fourth-order valence-electron chi connectivity index (χ4n) is 3.36. The van der Waals surface area contributed by atoms with Gasteiger partial charge in [-0.15, -0.1) is 0 Å². The molecular weight excluding hydrogens is 359 g/mol. The maximum absolute atomic E-state index is 13.6. The molecule has 148 valence electrons. The maximum Gasteiger partial charge on any atom is 0.251 e.